The lowest BCUT2D eigenvalue weighted by atomic mass is 10.2. The van der Waals surface area contributed by atoms with Crippen LogP contribution in [0.3, 0.4) is 0 Å². The number of rotatable bonds is 3. The summed E-state index contributed by atoms with van der Waals surface area (Å²) in [4.78, 5) is 7.37. The summed E-state index contributed by atoms with van der Waals surface area (Å²) in [6.45, 7) is 0.318. The zero-order valence-corrected chi connectivity index (χ0v) is 10.3. The fourth-order valence-electron chi connectivity index (χ4n) is 1.40. The summed E-state index contributed by atoms with van der Waals surface area (Å²) >= 11 is 5.71. The molecule has 2 rings (SSSR count). The van der Waals surface area contributed by atoms with Gasteiger partial charge < -0.3 is 5.32 Å². The van der Waals surface area contributed by atoms with E-state index < -0.39 is 11.9 Å². The molecule has 0 aliphatic heterocycles. The fraction of sp³-hybridized carbons (Fsp3) is 0.167. The summed E-state index contributed by atoms with van der Waals surface area (Å²) in [6.07, 6.45) is -3.24. The molecule has 0 fully saturated rings. The zero-order valence-electron chi connectivity index (χ0n) is 9.58. The van der Waals surface area contributed by atoms with Crippen LogP contribution in [-0.2, 0) is 12.7 Å². The molecular formula is C12H9ClF3N3. The van der Waals surface area contributed by atoms with E-state index in [1.54, 1.807) is 18.2 Å². The summed E-state index contributed by atoms with van der Waals surface area (Å²) in [7, 11) is 0. The lowest BCUT2D eigenvalue weighted by Crippen LogP contribution is -2.08. The second kappa shape index (κ2) is 5.44. The van der Waals surface area contributed by atoms with Crippen molar-refractivity contribution >= 4 is 17.4 Å². The molecule has 2 aromatic rings. The highest BCUT2D eigenvalue weighted by atomic mass is 35.5. The van der Waals surface area contributed by atoms with Gasteiger partial charge in [-0.15, -0.1) is 0 Å². The number of alkyl halides is 3. The molecule has 0 bridgehead atoms. The van der Waals surface area contributed by atoms with E-state index in [0.29, 0.717) is 23.1 Å². The van der Waals surface area contributed by atoms with Gasteiger partial charge in [0.1, 0.15) is 16.7 Å². The average Bonchev–Trinajstić information content (AvgIpc) is 2.36. The lowest BCUT2D eigenvalue weighted by Gasteiger charge is -2.08. The van der Waals surface area contributed by atoms with Crippen molar-refractivity contribution in [3.63, 3.8) is 0 Å². The highest BCUT2D eigenvalue weighted by Gasteiger charge is 2.31. The van der Waals surface area contributed by atoms with Crippen LogP contribution in [-0.4, -0.2) is 9.97 Å². The van der Waals surface area contributed by atoms with E-state index in [4.69, 9.17) is 11.6 Å². The normalized spacial score (nSPS) is 11.4. The molecule has 0 aromatic carbocycles. The van der Waals surface area contributed by atoms with Crippen LogP contribution in [0, 0.1) is 0 Å². The van der Waals surface area contributed by atoms with Crippen LogP contribution < -0.4 is 5.32 Å². The SMILES string of the molecule is FC(F)(F)c1ccc(CNc2cccc(Cl)n2)cn1. The first-order valence-corrected chi connectivity index (χ1v) is 5.71. The maximum Gasteiger partial charge on any atom is 0.433 e. The zero-order chi connectivity index (χ0) is 13.9. The van der Waals surface area contributed by atoms with Gasteiger partial charge in [-0.3, -0.25) is 4.98 Å². The Morgan fingerprint density at radius 1 is 1.16 bits per heavy atom. The van der Waals surface area contributed by atoms with Gasteiger partial charge >= 0.3 is 6.18 Å². The summed E-state index contributed by atoms with van der Waals surface area (Å²) < 4.78 is 36.9. The van der Waals surface area contributed by atoms with Crippen LogP contribution in [0.2, 0.25) is 5.15 Å². The maximum atomic E-state index is 12.3. The first-order valence-electron chi connectivity index (χ1n) is 5.34. The van der Waals surface area contributed by atoms with Gasteiger partial charge in [-0.1, -0.05) is 23.7 Å². The molecule has 0 spiro atoms. The molecule has 0 aliphatic carbocycles. The molecule has 0 unspecified atom stereocenters. The molecule has 100 valence electrons. The molecule has 19 heavy (non-hydrogen) atoms. The third-order valence-corrected chi connectivity index (χ3v) is 2.51. The van der Waals surface area contributed by atoms with Gasteiger partial charge in [0.25, 0.3) is 0 Å². The van der Waals surface area contributed by atoms with Crippen molar-refractivity contribution in [1.82, 2.24) is 9.97 Å². The van der Waals surface area contributed by atoms with E-state index >= 15 is 0 Å². The average molecular weight is 288 g/mol. The smallest absolute Gasteiger partial charge is 0.366 e. The van der Waals surface area contributed by atoms with Gasteiger partial charge in [-0.05, 0) is 23.8 Å². The van der Waals surface area contributed by atoms with Crippen molar-refractivity contribution in [1.29, 1.82) is 0 Å². The van der Waals surface area contributed by atoms with Crippen LogP contribution in [0.5, 0.6) is 0 Å². The third kappa shape index (κ3) is 3.82. The van der Waals surface area contributed by atoms with Gasteiger partial charge in [-0.25, -0.2) is 4.98 Å². The number of pyridine rings is 2. The predicted molar refractivity (Wildman–Crippen MR) is 65.8 cm³/mol. The van der Waals surface area contributed by atoms with Crippen LogP contribution >= 0.6 is 11.6 Å². The van der Waals surface area contributed by atoms with Crippen molar-refractivity contribution < 1.29 is 13.2 Å². The third-order valence-electron chi connectivity index (χ3n) is 2.30. The van der Waals surface area contributed by atoms with Gasteiger partial charge in [0.15, 0.2) is 0 Å². The number of nitrogens with one attached hydrogen (secondary N) is 1. The Balaban J connectivity index is 2.01. The predicted octanol–water partition coefficient (Wildman–Crippen LogP) is 3.76. The second-order valence-electron chi connectivity index (χ2n) is 3.75. The minimum atomic E-state index is -4.42. The molecule has 0 saturated heterocycles. The van der Waals surface area contributed by atoms with E-state index in [0.717, 1.165) is 6.07 Å². The molecule has 0 amide bonds. The first-order chi connectivity index (χ1) is 8.95. The van der Waals surface area contributed by atoms with Gasteiger partial charge in [0, 0.05) is 12.7 Å². The van der Waals surface area contributed by atoms with Crippen molar-refractivity contribution in [3.05, 3.63) is 52.9 Å². The monoisotopic (exact) mass is 287 g/mol. The fourth-order valence-corrected chi connectivity index (χ4v) is 1.56. The van der Waals surface area contributed by atoms with E-state index in [1.807, 2.05) is 0 Å². The van der Waals surface area contributed by atoms with Gasteiger partial charge in [0.2, 0.25) is 0 Å². The van der Waals surface area contributed by atoms with Gasteiger partial charge in [-0.2, -0.15) is 13.2 Å². The molecule has 2 aromatic heterocycles. The Labute approximate surface area is 112 Å². The number of hydrogen-bond acceptors (Lipinski definition) is 3. The summed E-state index contributed by atoms with van der Waals surface area (Å²) in [5.41, 5.74) is -0.285. The largest absolute Gasteiger partial charge is 0.433 e. The maximum absolute atomic E-state index is 12.3. The molecule has 0 saturated carbocycles. The van der Waals surface area contributed by atoms with E-state index in [-0.39, 0.29) is 0 Å². The number of nitrogens with zero attached hydrogens (tertiary/aromatic N) is 2. The molecule has 0 aliphatic rings. The molecule has 2 heterocycles. The Hall–Kier alpha value is -1.82. The Bertz CT molecular complexity index is 555. The van der Waals surface area contributed by atoms with Crippen LogP contribution in [0.4, 0.5) is 19.0 Å². The van der Waals surface area contributed by atoms with Crippen molar-refractivity contribution in [2.24, 2.45) is 0 Å². The summed E-state index contributed by atoms with van der Waals surface area (Å²) in [5, 5.41) is 3.29. The highest BCUT2D eigenvalue weighted by Crippen LogP contribution is 2.27. The Morgan fingerprint density at radius 3 is 2.53 bits per heavy atom. The molecule has 1 N–H and O–H groups in total. The number of hydrogen-bond donors (Lipinski definition) is 1. The summed E-state index contributed by atoms with van der Waals surface area (Å²) in [5.74, 6) is 0.549. The van der Waals surface area contributed by atoms with Crippen molar-refractivity contribution in [2.75, 3.05) is 5.32 Å². The topological polar surface area (TPSA) is 37.8 Å². The highest BCUT2D eigenvalue weighted by molar-refractivity contribution is 6.29. The molecular weight excluding hydrogens is 279 g/mol. The molecule has 0 radical (unpaired) electrons. The minimum Gasteiger partial charge on any atom is -0.366 e. The number of aromatic nitrogens is 2. The van der Waals surface area contributed by atoms with Crippen molar-refractivity contribution in [3.8, 4) is 0 Å². The van der Waals surface area contributed by atoms with Crippen LogP contribution in [0.25, 0.3) is 0 Å². The number of anilines is 1. The summed E-state index contributed by atoms with van der Waals surface area (Å²) in [6, 6.07) is 7.38. The number of halogens is 4. The standard InChI is InChI=1S/C12H9ClF3N3/c13-10-2-1-3-11(19-10)18-7-8-4-5-9(17-6-8)12(14,15)16/h1-6H,7H2,(H,18,19). The van der Waals surface area contributed by atoms with Gasteiger partial charge in [0.05, 0.1) is 0 Å². The first kappa shape index (κ1) is 13.6. The molecule has 3 nitrogen and oxygen atoms in total. The lowest BCUT2D eigenvalue weighted by molar-refractivity contribution is -0.141. The van der Waals surface area contributed by atoms with Crippen LogP contribution in [0.1, 0.15) is 11.3 Å². The van der Waals surface area contributed by atoms with E-state index in [9.17, 15) is 13.2 Å². The Morgan fingerprint density at radius 2 is 1.95 bits per heavy atom. The molecule has 0 atom stereocenters. The van der Waals surface area contributed by atoms with E-state index in [1.165, 1.54) is 12.3 Å². The minimum absolute atomic E-state index is 0.318. The Kier molecular flexibility index (Phi) is 3.90. The molecule has 7 heteroatoms. The second-order valence-corrected chi connectivity index (χ2v) is 4.14. The van der Waals surface area contributed by atoms with Crippen LogP contribution in [0.15, 0.2) is 36.5 Å². The quantitative estimate of drug-likeness (QED) is 0.874. The van der Waals surface area contributed by atoms with E-state index in [2.05, 4.69) is 15.3 Å². The van der Waals surface area contributed by atoms with Crippen molar-refractivity contribution in [2.45, 2.75) is 12.7 Å².